The lowest BCUT2D eigenvalue weighted by molar-refractivity contribution is 0.352. The van der Waals surface area contributed by atoms with E-state index in [2.05, 4.69) is 38.2 Å². The predicted molar refractivity (Wildman–Crippen MR) is 61.1 cm³/mol. The maximum atomic E-state index is 3.67. The molecule has 0 aromatic rings. The van der Waals surface area contributed by atoms with E-state index in [4.69, 9.17) is 0 Å². The van der Waals surface area contributed by atoms with Gasteiger partial charge >= 0.3 is 0 Å². The Morgan fingerprint density at radius 2 is 2.00 bits per heavy atom. The zero-order valence-electron chi connectivity index (χ0n) is 9.66. The van der Waals surface area contributed by atoms with E-state index in [0.29, 0.717) is 6.04 Å². The van der Waals surface area contributed by atoms with Gasteiger partial charge in [-0.2, -0.15) is 0 Å². The van der Waals surface area contributed by atoms with Crippen LogP contribution in [-0.2, 0) is 0 Å². The largest absolute Gasteiger partial charge is 0.314 e. The Morgan fingerprint density at radius 3 is 2.50 bits per heavy atom. The standard InChI is InChI=1S/C13H23N/c1-9(2)10(3)14-8-13-7-11-4-5-12(13)6-11/h4-5,9-14H,6-8H2,1-3H3/t10-,11-,12-,13+/m0/s1. The highest BCUT2D eigenvalue weighted by molar-refractivity contribution is 5.10. The highest BCUT2D eigenvalue weighted by Gasteiger charge is 2.35. The van der Waals surface area contributed by atoms with Crippen LogP contribution in [0.25, 0.3) is 0 Å². The van der Waals surface area contributed by atoms with Gasteiger partial charge in [-0.05, 0) is 50.0 Å². The molecule has 0 aromatic carbocycles. The van der Waals surface area contributed by atoms with Gasteiger partial charge in [0.05, 0.1) is 0 Å². The number of allylic oxidation sites excluding steroid dienone is 2. The van der Waals surface area contributed by atoms with Gasteiger partial charge in [-0.1, -0.05) is 26.0 Å². The van der Waals surface area contributed by atoms with Crippen molar-refractivity contribution in [2.45, 2.75) is 39.7 Å². The van der Waals surface area contributed by atoms with Crippen molar-refractivity contribution in [3.63, 3.8) is 0 Å². The van der Waals surface area contributed by atoms with Crippen molar-refractivity contribution < 1.29 is 0 Å². The molecule has 0 aliphatic heterocycles. The molecule has 1 N–H and O–H groups in total. The maximum absolute atomic E-state index is 3.67. The molecule has 2 bridgehead atoms. The maximum Gasteiger partial charge on any atom is 0.00618 e. The third-order valence-electron chi connectivity index (χ3n) is 4.12. The molecule has 1 heteroatoms. The van der Waals surface area contributed by atoms with Crippen LogP contribution < -0.4 is 5.32 Å². The van der Waals surface area contributed by atoms with Gasteiger partial charge in [0, 0.05) is 6.04 Å². The molecular weight excluding hydrogens is 170 g/mol. The third kappa shape index (κ3) is 2.03. The molecule has 0 spiro atoms. The van der Waals surface area contributed by atoms with Crippen LogP contribution >= 0.6 is 0 Å². The molecule has 80 valence electrons. The summed E-state index contributed by atoms with van der Waals surface area (Å²) in [5, 5.41) is 3.67. The normalized spacial score (nSPS) is 37.0. The van der Waals surface area contributed by atoms with Crippen molar-refractivity contribution >= 4 is 0 Å². The Bertz CT molecular complexity index is 219. The van der Waals surface area contributed by atoms with Crippen molar-refractivity contribution in [2.75, 3.05) is 6.54 Å². The zero-order chi connectivity index (χ0) is 10.1. The Morgan fingerprint density at radius 1 is 1.21 bits per heavy atom. The molecule has 14 heavy (non-hydrogen) atoms. The summed E-state index contributed by atoms with van der Waals surface area (Å²) in [6.45, 7) is 8.11. The number of hydrogen-bond acceptors (Lipinski definition) is 1. The molecule has 1 nitrogen and oxygen atoms in total. The minimum atomic E-state index is 0.665. The topological polar surface area (TPSA) is 12.0 Å². The smallest absolute Gasteiger partial charge is 0.00618 e. The van der Waals surface area contributed by atoms with Gasteiger partial charge in [0.1, 0.15) is 0 Å². The van der Waals surface area contributed by atoms with Crippen molar-refractivity contribution in [2.24, 2.45) is 23.7 Å². The summed E-state index contributed by atoms with van der Waals surface area (Å²) in [5.74, 6) is 3.49. The van der Waals surface area contributed by atoms with Gasteiger partial charge < -0.3 is 5.32 Å². The van der Waals surface area contributed by atoms with E-state index >= 15 is 0 Å². The fourth-order valence-corrected chi connectivity index (χ4v) is 2.70. The number of rotatable bonds is 4. The summed E-state index contributed by atoms with van der Waals surface area (Å²) in [5.41, 5.74) is 0. The minimum Gasteiger partial charge on any atom is -0.314 e. The second-order valence-corrected chi connectivity index (χ2v) is 5.48. The number of hydrogen-bond donors (Lipinski definition) is 1. The fraction of sp³-hybridized carbons (Fsp3) is 0.846. The lowest BCUT2D eigenvalue weighted by Crippen LogP contribution is -2.35. The number of nitrogens with one attached hydrogen (secondary N) is 1. The SMILES string of the molecule is CC(C)[C@H](C)NC[C@H]1C[C@H]2C=C[C@H]1C2. The highest BCUT2D eigenvalue weighted by atomic mass is 14.9. The van der Waals surface area contributed by atoms with E-state index in [1.54, 1.807) is 0 Å². The summed E-state index contributed by atoms with van der Waals surface area (Å²) in [6, 6.07) is 0.665. The van der Waals surface area contributed by atoms with Crippen molar-refractivity contribution in [3.05, 3.63) is 12.2 Å². The summed E-state index contributed by atoms with van der Waals surface area (Å²) >= 11 is 0. The van der Waals surface area contributed by atoms with Gasteiger partial charge in [-0.15, -0.1) is 0 Å². The first-order valence-electron chi connectivity index (χ1n) is 6.08. The highest BCUT2D eigenvalue weighted by Crippen LogP contribution is 2.42. The molecule has 0 unspecified atom stereocenters. The van der Waals surface area contributed by atoms with Crippen LogP contribution in [0.2, 0.25) is 0 Å². The minimum absolute atomic E-state index is 0.665. The molecule has 0 aromatic heterocycles. The van der Waals surface area contributed by atoms with Crippen LogP contribution in [-0.4, -0.2) is 12.6 Å². The second kappa shape index (κ2) is 4.06. The molecular formula is C13H23N. The average molecular weight is 193 g/mol. The van der Waals surface area contributed by atoms with E-state index in [9.17, 15) is 0 Å². The van der Waals surface area contributed by atoms with Crippen molar-refractivity contribution in [3.8, 4) is 0 Å². The molecule has 0 saturated heterocycles. The summed E-state index contributed by atoms with van der Waals surface area (Å²) in [6.07, 6.45) is 7.73. The Hall–Kier alpha value is -0.300. The van der Waals surface area contributed by atoms with Crippen molar-refractivity contribution in [1.29, 1.82) is 0 Å². The molecule has 2 aliphatic rings. The molecule has 2 rings (SSSR count). The molecule has 1 saturated carbocycles. The lowest BCUT2D eigenvalue weighted by atomic mass is 9.93. The van der Waals surface area contributed by atoms with E-state index in [-0.39, 0.29) is 0 Å². The van der Waals surface area contributed by atoms with Crippen LogP contribution in [0.4, 0.5) is 0 Å². The van der Waals surface area contributed by atoms with Gasteiger partial charge in [-0.25, -0.2) is 0 Å². The average Bonchev–Trinajstić information content (AvgIpc) is 2.74. The molecule has 0 heterocycles. The summed E-state index contributed by atoms with van der Waals surface area (Å²) < 4.78 is 0. The van der Waals surface area contributed by atoms with Crippen LogP contribution in [0.3, 0.4) is 0 Å². The van der Waals surface area contributed by atoms with Crippen molar-refractivity contribution in [1.82, 2.24) is 5.32 Å². The molecule has 2 aliphatic carbocycles. The second-order valence-electron chi connectivity index (χ2n) is 5.48. The Balaban J connectivity index is 1.74. The zero-order valence-corrected chi connectivity index (χ0v) is 9.66. The van der Waals surface area contributed by atoms with Gasteiger partial charge in [0.2, 0.25) is 0 Å². The Kier molecular flexibility index (Phi) is 2.96. The summed E-state index contributed by atoms with van der Waals surface area (Å²) in [7, 11) is 0. The van der Waals surface area contributed by atoms with Crippen LogP contribution in [0.15, 0.2) is 12.2 Å². The molecule has 0 radical (unpaired) electrons. The van der Waals surface area contributed by atoms with Gasteiger partial charge in [-0.3, -0.25) is 0 Å². The molecule has 4 atom stereocenters. The predicted octanol–water partition coefficient (Wildman–Crippen LogP) is 2.83. The molecule has 1 fully saturated rings. The fourth-order valence-electron chi connectivity index (χ4n) is 2.70. The van der Waals surface area contributed by atoms with Crippen LogP contribution in [0.5, 0.6) is 0 Å². The molecule has 0 amide bonds. The Labute approximate surface area is 88.0 Å². The van der Waals surface area contributed by atoms with Crippen LogP contribution in [0, 0.1) is 23.7 Å². The van der Waals surface area contributed by atoms with E-state index in [0.717, 1.165) is 23.7 Å². The lowest BCUT2D eigenvalue weighted by Gasteiger charge is -2.23. The van der Waals surface area contributed by atoms with E-state index in [1.807, 2.05) is 0 Å². The van der Waals surface area contributed by atoms with Gasteiger partial charge in [0.25, 0.3) is 0 Å². The monoisotopic (exact) mass is 193 g/mol. The first-order chi connectivity index (χ1) is 6.66. The third-order valence-corrected chi connectivity index (χ3v) is 4.12. The van der Waals surface area contributed by atoms with Gasteiger partial charge in [0.15, 0.2) is 0 Å². The quantitative estimate of drug-likeness (QED) is 0.677. The summed E-state index contributed by atoms with van der Waals surface area (Å²) in [4.78, 5) is 0. The van der Waals surface area contributed by atoms with E-state index < -0.39 is 0 Å². The van der Waals surface area contributed by atoms with E-state index in [1.165, 1.54) is 19.4 Å². The first-order valence-corrected chi connectivity index (χ1v) is 6.08. The first kappa shape index (κ1) is 10.2. The number of fused-ring (bicyclic) bond motifs is 2. The van der Waals surface area contributed by atoms with Crippen LogP contribution in [0.1, 0.15) is 33.6 Å².